The average molecular weight is 615 g/mol. The van der Waals surface area contributed by atoms with Gasteiger partial charge in [0.1, 0.15) is 24.7 Å². The average Bonchev–Trinajstić information content (AvgIpc) is 3.35. The number of fused-ring (bicyclic) bond motifs is 1. The highest BCUT2D eigenvalue weighted by molar-refractivity contribution is 7.66. The number of nitrogens with two attached hydrogens (primary N) is 1. The Kier molecular flexibility index (Phi) is 9.73. The molecule has 0 spiro atoms. The van der Waals surface area contributed by atoms with Crippen LogP contribution < -0.4 is 17.0 Å². The molecular formula is C15H20N7O14P3. The number of aromatic nitrogens is 3. The third-order valence-corrected chi connectivity index (χ3v) is 8.56. The minimum atomic E-state index is -5.76. The third-order valence-electron chi connectivity index (χ3n) is 4.76. The summed E-state index contributed by atoms with van der Waals surface area (Å²) in [6.07, 6.45) is -2.04. The molecule has 1 fully saturated rings. The fourth-order valence-electron chi connectivity index (χ4n) is 3.48. The zero-order valence-electron chi connectivity index (χ0n) is 19.2. The van der Waals surface area contributed by atoms with Crippen LogP contribution in [0, 0.1) is 11.8 Å². The van der Waals surface area contributed by atoms with Crippen molar-refractivity contribution in [1.29, 1.82) is 0 Å². The summed E-state index contributed by atoms with van der Waals surface area (Å²) < 4.78 is 58.9. The SMILES string of the molecule is [N-]=[N+]=NCOC1C[C@H](n2cc(C#CCN)c3c(=O)[nH]c(=O)[nH]c32)O[C@@H]1COP(=O)(O)OP(=O)(O)OP(=O)(O)O. The van der Waals surface area contributed by atoms with Crippen molar-refractivity contribution in [3.8, 4) is 11.8 Å². The van der Waals surface area contributed by atoms with Crippen LogP contribution in [0.15, 0.2) is 20.9 Å². The number of H-pyrrole nitrogens is 2. The lowest BCUT2D eigenvalue weighted by molar-refractivity contribution is -0.0582. The number of hydrogen-bond donors (Lipinski definition) is 7. The first-order valence-electron chi connectivity index (χ1n) is 10.3. The van der Waals surface area contributed by atoms with Gasteiger partial charge in [-0.3, -0.25) is 19.3 Å². The number of nitrogens with zero attached hydrogens (tertiary/aromatic N) is 4. The van der Waals surface area contributed by atoms with Gasteiger partial charge in [-0.1, -0.05) is 17.0 Å². The number of aromatic amines is 2. The first kappa shape index (κ1) is 30.9. The van der Waals surface area contributed by atoms with E-state index in [0.29, 0.717) is 0 Å². The van der Waals surface area contributed by atoms with Crippen molar-refractivity contribution in [3.05, 3.63) is 43.0 Å². The van der Waals surface area contributed by atoms with Gasteiger partial charge in [-0.15, -0.1) is 0 Å². The molecule has 2 aromatic rings. The van der Waals surface area contributed by atoms with E-state index in [1.807, 2.05) is 0 Å². The van der Waals surface area contributed by atoms with Crippen LogP contribution in [0.1, 0.15) is 18.2 Å². The van der Waals surface area contributed by atoms with Crippen LogP contribution in [0.2, 0.25) is 0 Å². The van der Waals surface area contributed by atoms with Gasteiger partial charge in [-0.05, 0) is 5.53 Å². The van der Waals surface area contributed by atoms with Crippen LogP contribution in [0.3, 0.4) is 0 Å². The Labute approximate surface area is 215 Å². The normalized spacial score (nSPS) is 22.4. The summed E-state index contributed by atoms with van der Waals surface area (Å²) in [6.45, 7) is -1.43. The highest BCUT2D eigenvalue weighted by Gasteiger charge is 2.43. The van der Waals surface area contributed by atoms with Gasteiger partial charge in [0.2, 0.25) is 0 Å². The second-order valence-corrected chi connectivity index (χ2v) is 11.8. The highest BCUT2D eigenvalue weighted by Crippen LogP contribution is 2.66. The molecule has 8 N–H and O–H groups in total. The second-order valence-electron chi connectivity index (χ2n) is 7.40. The number of rotatable bonds is 11. The fourth-order valence-corrected chi connectivity index (χ4v) is 6.51. The molecule has 5 atom stereocenters. The summed E-state index contributed by atoms with van der Waals surface area (Å²) in [7, 11) is -16.8. The number of phosphoric acid groups is 3. The van der Waals surface area contributed by atoms with Gasteiger partial charge < -0.3 is 39.3 Å². The summed E-state index contributed by atoms with van der Waals surface area (Å²) in [5, 5.41) is 3.22. The largest absolute Gasteiger partial charge is 0.490 e. The van der Waals surface area contributed by atoms with Crippen molar-refractivity contribution in [3.63, 3.8) is 0 Å². The molecule has 1 saturated heterocycles. The van der Waals surface area contributed by atoms with Crippen molar-refractivity contribution in [1.82, 2.24) is 14.5 Å². The standard InChI is InChI=1S/C15H20N7O14P3/c16-3-1-2-8-5-22(13-12(8)14(23)20-15(24)19-13)11-4-9(32-7-18-21-17)10(34-11)6-33-38(28,29)36-39(30,31)35-37(25,26)27/h5,9-11H,3-4,6-7,16H2,(H,28,29)(H,30,31)(H2,25,26,27)(H2,19,20,23,24)/t9?,10-,11-/m1/s1. The summed E-state index contributed by atoms with van der Waals surface area (Å²) in [4.78, 5) is 67.7. The fraction of sp³-hybridized carbons (Fsp3) is 0.467. The van der Waals surface area contributed by atoms with E-state index in [1.165, 1.54) is 10.8 Å². The van der Waals surface area contributed by atoms with Crippen LogP contribution >= 0.6 is 23.5 Å². The number of nitrogens with one attached hydrogen (secondary N) is 2. The number of ether oxygens (including phenoxy) is 2. The van der Waals surface area contributed by atoms with Crippen LogP contribution in [0.4, 0.5) is 0 Å². The van der Waals surface area contributed by atoms with E-state index in [0.717, 1.165) is 0 Å². The van der Waals surface area contributed by atoms with Gasteiger partial charge in [0.25, 0.3) is 5.56 Å². The predicted molar refractivity (Wildman–Crippen MR) is 126 cm³/mol. The zero-order chi connectivity index (χ0) is 29.0. The molecule has 1 aliphatic rings. The van der Waals surface area contributed by atoms with Crippen molar-refractivity contribution in [2.24, 2.45) is 10.8 Å². The molecule has 21 nitrogen and oxygen atoms in total. The Morgan fingerprint density at radius 1 is 1.21 bits per heavy atom. The van der Waals surface area contributed by atoms with E-state index in [-0.39, 0.29) is 29.6 Å². The molecule has 3 unspecified atom stereocenters. The van der Waals surface area contributed by atoms with E-state index >= 15 is 0 Å². The Hall–Kier alpha value is -2.62. The first-order valence-corrected chi connectivity index (χ1v) is 14.8. The van der Waals surface area contributed by atoms with Crippen LogP contribution in [0.5, 0.6) is 0 Å². The van der Waals surface area contributed by atoms with E-state index < -0.39 is 66.5 Å². The van der Waals surface area contributed by atoms with Gasteiger partial charge in [-0.25, -0.2) is 18.5 Å². The van der Waals surface area contributed by atoms with E-state index in [4.69, 9.17) is 30.5 Å². The maximum absolute atomic E-state index is 12.4. The molecule has 39 heavy (non-hydrogen) atoms. The predicted octanol–water partition coefficient (Wildman–Crippen LogP) is -0.388. The quantitative estimate of drug-likeness (QED) is 0.0556. The van der Waals surface area contributed by atoms with Crippen LogP contribution in [-0.4, -0.2) is 66.2 Å². The van der Waals surface area contributed by atoms with Crippen LogP contribution in [0.25, 0.3) is 21.5 Å². The van der Waals surface area contributed by atoms with E-state index in [9.17, 15) is 33.1 Å². The summed E-state index contributed by atoms with van der Waals surface area (Å²) in [6, 6.07) is 0. The molecule has 0 saturated carbocycles. The first-order chi connectivity index (χ1) is 18.1. The van der Waals surface area contributed by atoms with Crippen LogP contribution in [-0.2, 0) is 36.3 Å². The second kappa shape index (κ2) is 12.3. The lowest BCUT2D eigenvalue weighted by Crippen LogP contribution is -2.29. The molecule has 0 radical (unpaired) electrons. The van der Waals surface area contributed by atoms with Gasteiger partial charge in [0.05, 0.1) is 30.2 Å². The molecule has 24 heteroatoms. The molecule has 3 rings (SSSR count). The molecular weight excluding hydrogens is 595 g/mol. The highest BCUT2D eigenvalue weighted by atomic mass is 31.3. The Bertz CT molecular complexity index is 1590. The van der Waals surface area contributed by atoms with Crippen molar-refractivity contribution < 1.29 is 55.9 Å². The summed E-state index contributed by atoms with van der Waals surface area (Å²) >= 11 is 0. The Morgan fingerprint density at radius 3 is 2.56 bits per heavy atom. The lowest BCUT2D eigenvalue weighted by atomic mass is 10.2. The Balaban J connectivity index is 1.88. The van der Waals surface area contributed by atoms with Crippen molar-refractivity contribution in [2.45, 2.75) is 24.9 Å². The molecule has 214 valence electrons. The maximum Gasteiger partial charge on any atom is 0.490 e. The monoisotopic (exact) mass is 615 g/mol. The molecule has 0 aromatic carbocycles. The van der Waals surface area contributed by atoms with Gasteiger partial charge in [0.15, 0.2) is 0 Å². The lowest BCUT2D eigenvalue weighted by Gasteiger charge is -2.21. The topological polar surface area (TPSA) is 324 Å². The summed E-state index contributed by atoms with van der Waals surface area (Å²) in [5.41, 5.74) is 12.5. The van der Waals surface area contributed by atoms with Crippen molar-refractivity contribution >= 4 is 34.5 Å². The van der Waals surface area contributed by atoms with Gasteiger partial charge in [0, 0.05) is 17.5 Å². The van der Waals surface area contributed by atoms with E-state index in [1.54, 1.807) is 0 Å². The van der Waals surface area contributed by atoms with E-state index in [2.05, 4.69) is 45.0 Å². The minimum Gasteiger partial charge on any atom is -0.369 e. The molecule has 0 aliphatic carbocycles. The maximum atomic E-state index is 12.4. The van der Waals surface area contributed by atoms with Gasteiger partial charge >= 0.3 is 29.2 Å². The molecule has 1 aliphatic heterocycles. The van der Waals surface area contributed by atoms with Gasteiger partial charge in [-0.2, -0.15) is 8.62 Å². The minimum absolute atomic E-state index is 0.00223. The third kappa shape index (κ3) is 8.43. The molecule has 3 heterocycles. The van der Waals surface area contributed by atoms with Crippen molar-refractivity contribution in [2.75, 3.05) is 19.9 Å². The molecule has 0 amide bonds. The molecule has 0 bridgehead atoms. The number of azide groups is 1. The Morgan fingerprint density at radius 2 is 1.92 bits per heavy atom. The summed E-state index contributed by atoms with van der Waals surface area (Å²) in [5.74, 6) is 5.27. The number of hydrogen-bond acceptors (Lipinski definition) is 12. The number of phosphoric ester groups is 1. The molecule has 2 aromatic heterocycles. The zero-order valence-corrected chi connectivity index (χ0v) is 21.9. The smallest absolute Gasteiger partial charge is 0.369 e.